The Labute approximate surface area is 189 Å². The summed E-state index contributed by atoms with van der Waals surface area (Å²) in [4.78, 5) is 45.0. The van der Waals surface area contributed by atoms with Gasteiger partial charge in [0, 0.05) is 50.7 Å². The van der Waals surface area contributed by atoms with Crippen LogP contribution in [0.4, 0.5) is 4.39 Å². The quantitative estimate of drug-likeness (QED) is 0.725. The number of amides is 3. The van der Waals surface area contributed by atoms with Gasteiger partial charge in [-0.2, -0.15) is 0 Å². The van der Waals surface area contributed by atoms with Gasteiger partial charge in [-0.3, -0.25) is 14.4 Å². The van der Waals surface area contributed by atoms with Crippen molar-refractivity contribution in [2.24, 2.45) is 11.8 Å². The molecule has 1 aromatic carbocycles. The Hall–Kier alpha value is -2.48. The van der Waals surface area contributed by atoms with Gasteiger partial charge in [0.2, 0.25) is 11.8 Å². The van der Waals surface area contributed by atoms with Gasteiger partial charge in [-0.05, 0) is 36.6 Å². The zero-order valence-corrected chi connectivity index (χ0v) is 19.5. The highest BCUT2D eigenvalue weighted by atomic mass is 19.1. The molecule has 2 saturated heterocycles. The summed E-state index contributed by atoms with van der Waals surface area (Å²) < 4.78 is 13.4. The maximum absolute atomic E-state index is 13.4. The minimum atomic E-state index is -0.634. The van der Waals surface area contributed by atoms with Crippen molar-refractivity contribution < 1.29 is 18.8 Å². The molecule has 2 aliphatic rings. The third-order valence-electron chi connectivity index (χ3n) is 6.12. The van der Waals surface area contributed by atoms with Crippen molar-refractivity contribution >= 4 is 17.7 Å². The topological polar surface area (TPSA) is 73.0 Å². The van der Waals surface area contributed by atoms with E-state index in [0.717, 1.165) is 13.1 Å². The third kappa shape index (κ3) is 5.46. The van der Waals surface area contributed by atoms with Gasteiger partial charge in [0.1, 0.15) is 11.9 Å². The Morgan fingerprint density at radius 3 is 2.28 bits per heavy atom. The first kappa shape index (κ1) is 24.2. The molecule has 0 saturated carbocycles. The van der Waals surface area contributed by atoms with Gasteiger partial charge < -0.3 is 20.0 Å². The summed E-state index contributed by atoms with van der Waals surface area (Å²) in [6, 6.07) is 4.53. The van der Waals surface area contributed by atoms with Crippen molar-refractivity contribution in [3.63, 3.8) is 0 Å². The molecule has 1 aromatic rings. The van der Waals surface area contributed by atoms with Gasteiger partial charge in [0.25, 0.3) is 5.91 Å². The Morgan fingerprint density at radius 2 is 1.72 bits per heavy atom. The zero-order chi connectivity index (χ0) is 23.4. The highest BCUT2D eigenvalue weighted by Crippen LogP contribution is 2.28. The maximum atomic E-state index is 13.4. The van der Waals surface area contributed by atoms with Gasteiger partial charge in [-0.25, -0.2) is 4.39 Å². The molecule has 32 heavy (non-hydrogen) atoms. The molecule has 2 fully saturated rings. The molecule has 7 nitrogen and oxygen atoms in total. The fraction of sp³-hybridized carbons (Fsp3) is 0.625. The molecule has 8 heteroatoms. The molecule has 176 valence electrons. The Balaban J connectivity index is 1.89. The predicted molar refractivity (Wildman–Crippen MR) is 120 cm³/mol. The monoisotopic (exact) mass is 446 g/mol. The first-order valence-electron chi connectivity index (χ1n) is 11.6. The second-order valence-electron chi connectivity index (χ2n) is 9.48. The Morgan fingerprint density at radius 1 is 1.09 bits per heavy atom. The van der Waals surface area contributed by atoms with E-state index in [1.54, 1.807) is 9.80 Å². The van der Waals surface area contributed by atoms with Crippen LogP contribution in [-0.4, -0.2) is 83.8 Å². The second kappa shape index (κ2) is 10.4. The van der Waals surface area contributed by atoms with Crippen molar-refractivity contribution in [2.75, 3.05) is 39.3 Å². The molecule has 1 N–H and O–H groups in total. The minimum absolute atomic E-state index is 0.0353. The molecule has 0 spiro atoms. The average Bonchev–Trinajstić information content (AvgIpc) is 3.22. The number of carbonyl (C=O) groups is 3. The maximum Gasteiger partial charge on any atom is 0.254 e. The van der Waals surface area contributed by atoms with Crippen LogP contribution in [-0.2, 0) is 9.59 Å². The fourth-order valence-electron chi connectivity index (χ4n) is 4.50. The minimum Gasteiger partial charge on any atom is -0.338 e. The summed E-state index contributed by atoms with van der Waals surface area (Å²) in [5.41, 5.74) is 0.343. The molecule has 0 aliphatic carbocycles. The van der Waals surface area contributed by atoms with Crippen LogP contribution in [0.25, 0.3) is 0 Å². The van der Waals surface area contributed by atoms with E-state index in [4.69, 9.17) is 0 Å². The molecule has 2 aliphatic heterocycles. The number of nitrogens with one attached hydrogen (secondary N) is 1. The van der Waals surface area contributed by atoms with Crippen molar-refractivity contribution in [3.05, 3.63) is 35.6 Å². The van der Waals surface area contributed by atoms with Crippen LogP contribution in [0.1, 0.15) is 44.5 Å². The van der Waals surface area contributed by atoms with Crippen LogP contribution in [0.2, 0.25) is 0 Å². The average molecular weight is 447 g/mol. The van der Waals surface area contributed by atoms with E-state index in [-0.39, 0.29) is 35.6 Å². The molecule has 3 rings (SSSR count). The molecule has 2 heterocycles. The Kier molecular flexibility index (Phi) is 7.87. The van der Waals surface area contributed by atoms with Crippen molar-refractivity contribution in [3.8, 4) is 0 Å². The lowest BCUT2D eigenvalue weighted by atomic mass is 10.0. The van der Waals surface area contributed by atoms with Gasteiger partial charge in [0.05, 0.1) is 6.04 Å². The highest BCUT2D eigenvalue weighted by Gasteiger charge is 2.45. The van der Waals surface area contributed by atoms with Crippen LogP contribution >= 0.6 is 0 Å². The highest BCUT2D eigenvalue weighted by molar-refractivity contribution is 5.98. The lowest BCUT2D eigenvalue weighted by Crippen LogP contribution is -2.53. The van der Waals surface area contributed by atoms with Crippen molar-refractivity contribution in [2.45, 2.75) is 46.2 Å². The molecule has 2 unspecified atom stereocenters. The zero-order valence-electron chi connectivity index (χ0n) is 19.5. The third-order valence-corrected chi connectivity index (χ3v) is 6.12. The first-order valence-corrected chi connectivity index (χ1v) is 11.6. The lowest BCUT2D eigenvalue weighted by Gasteiger charge is -2.32. The van der Waals surface area contributed by atoms with Crippen LogP contribution in [0.15, 0.2) is 24.3 Å². The van der Waals surface area contributed by atoms with Crippen LogP contribution in [0, 0.1) is 17.7 Å². The van der Waals surface area contributed by atoms with E-state index in [2.05, 4.69) is 19.2 Å². The smallest absolute Gasteiger partial charge is 0.254 e. The molecule has 0 radical (unpaired) electrons. The Bertz CT molecular complexity index is 821. The van der Waals surface area contributed by atoms with E-state index in [9.17, 15) is 18.8 Å². The standard InChI is InChI=1S/C24H35FN4O3/c1-16(2)14-28(22(30)17(3)4)20-13-21(24(32)27-11-9-26-10-12-27)29(15-20)23(31)18-5-7-19(25)8-6-18/h5-8,16-17,20-21,26H,9-15H2,1-4H3. The van der Waals surface area contributed by atoms with Gasteiger partial charge >= 0.3 is 0 Å². The summed E-state index contributed by atoms with van der Waals surface area (Å²) in [7, 11) is 0. The SMILES string of the molecule is CC(C)CN(C(=O)C(C)C)C1CC(C(=O)N2CCNCC2)N(C(=O)c2ccc(F)cc2)C1. The predicted octanol–water partition coefficient (Wildman–Crippen LogP) is 1.98. The van der Waals surface area contributed by atoms with E-state index in [1.165, 1.54) is 24.3 Å². The van der Waals surface area contributed by atoms with Gasteiger partial charge in [0.15, 0.2) is 0 Å². The number of hydrogen-bond donors (Lipinski definition) is 1. The number of halogens is 1. The lowest BCUT2D eigenvalue weighted by molar-refractivity contribution is -0.138. The summed E-state index contributed by atoms with van der Waals surface area (Å²) in [5.74, 6) is -0.665. The van der Waals surface area contributed by atoms with E-state index < -0.39 is 11.9 Å². The largest absolute Gasteiger partial charge is 0.338 e. The van der Waals surface area contributed by atoms with Gasteiger partial charge in [-0.1, -0.05) is 27.7 Å². The molecular weight excluding hydrogens is 411 g/mol. The van der Waals surface area contributed by atoms with E-state index >= 15 is 0 Å². The number of benzene rings is 1. The van der Waals surface area contributed by atoms with E-state index in [1.807, 2.05) is 18.7 Å². The summed E-state index contributed by atoms with van der Waals surface area (Å²) >= 11 is 0. The summed E-state index contributed by atoms with van der Waals surface area (Å²) in [6.45, 7) is 11.4. The summed E-state index contributed by atoms with van der Waals surface area (Å²) in [6.07, 6.45) is 0.418. The number of hydrogen-bond acceptors (Lipinski definition) is 4. The van der Waals surface area contributed by atoms with E-state index in [0.29, 0.717) is 38.2 Å². The summed E-state index contributed by atoms with van der Waals surface area (Å²) in [5, 5.41) is 3.24. The van der Waals surface area contributed by atoms with Crippen molar-refractivity contribution in [1.29, 1.82) is 0 Å². The van der Waals surface area contributed by atoms with Crippen LogP contribution < -0.4 is 5.32 Å². The number of rotatable bonds is 6. The second-order valence-corrected chi connectivity index (χ2v) is 9.48. The fourth-order valence-corrected chi connectivity index (χ4v) is 4.50. The first-order chi connectivity index (χ1) is 15.2. The number of nitrogens with zero attached hydrogens (tertiary/aromatic N) is 3. The van der Waals surface area contributed by atoms with Crippen LogP contribution in [0.5, 0.6) is 0 Å². The molecule has 3 amide bonds. The number of carbonyl (C=O) groups excluding carboxylic acids is 3. The molecule has 2 atom stereocenters. The molecular formula is C24H35FN4O3. The number of piperazine rings is 1. The normalized spacial score (nSPS) is 21.3. The van der Waals surface area contributed by atoms with Gasteiger partial charge in [-0.15, -0.1) is 0 Å². The molecule has 0 aromatic heterocycles. The van der Waals surface area contributed by atoms with Crippen LogP contribution in [0.3, 0.4) is 0 Å². The molecule has 0 bridgehead atoms. The van der Waals surface area contributed by atoms with Crippen molar-refractivity contribution in [1.82, 2.24) is 20.0 Å². The number of likely N-dealkylation sites (tertiary alicyclic amines) is 1.